The fraction of sp³-hybridized carbons (Fsp3) is 0.444. The molecule has 0 bridgehead atoms. The van der Waals surface area contributed by atoms with Crippen LogP contribution in [0, 0.1) is 0 Å². The normalized spacial score (nSPS) is 16.1. The average Bonchev–Trinajstić information content (AvgIpc) is 2.95. The molecule has 3 rings (SSSR count). The standard InChI is InChI=1S/C9H11N5/c1-10-9-12-7(5-2-3-5)6-4-11-14-8(6)13-9/h4-5H,2-3H2,1H3,(H2,10,11,12,13,14). The Bertz CT molecular complexity index is 471. The number of nitrogens with one attached hydrogen (secondary N) is 2. The highest BCUT2D eigenvalue weighted by molar-refractivity contribution is 5.78. The monoisotopic (exact) mass is 189 g/mol. The first-order chi connectivity index (χ1) is 6.88. The van der Waals surface area contributed by atoms with Crippen LogP contribution in [-0.2, 0) is 0 Å². The van der Waals surface area contributed by atoms with Gasteiger partial charge >= 0.3 is 0 Å². The summed E-state index contributed by atoms with van der Waals surface area (Å²) in [6, 6.07) is 0. The van der Waals surface area contributed by atoms with E-state index in [0.717, 1.165) is 16.7 Å². The number of fused-ring (bicyclic) bond motifs is 1. The minimum Gasteiger partial charge on any atom is -0.357 e. The van der Waals surface area contributed by atoms with Crippen molar-refractivity contribution < 1.29 is 0 Å². The van der Waals surface area contributed by atoms with Gasteiger partial charge in [-0.2, -0.15) is 10.1 Å². The zero-order valence-corrected chi connectivity index (χ0v) is 7.91. The number of aromatic amines is 1. The van der Waals surface area contributed by atoms with E-state index in [0.29, 0.717) is 11.9 Å². The van der Waals surface area contributed by atoms with Gasteiger partial charge in [-0.25, -0.2) is 4.98 Å². The number of aromatic nitrogens is 4. The van der Waals surface area contributed by atoms with Crippen LogP contribution in [0.15, 0.2) is 6.20 Å². The number of hydrogen-bond donors (Lipinski definition) is 2. The van der Waals surface area contributed by atoms with Gasteiger partial charge in [-0.05, 0) is 12.8 Å². The Balaban J connectivity index is 2.26. The second kappa shape index (κ2) is 2.67. The van der Waals surface area contributed by atoms with Crippen molar-refractivity contribution in [2.75, 3.05) is 12.4 Å². The SMILES string of the molecule is CNc1nc(C2CC2)c2cn[nH]c2n1. The largest absolute Gasteiger partial charge is 0.357 e. The van der Waals surface area contributed by atoms with Crippen molar-refractivity contribution in [1.29, 1.82) is 0 Å². The van der Waals surface area contributed by atoms with Crippen LogP contribution in [0.4, 0.5) is 5.95 Å². The minimum atomic E-state index is 0.616. The van der Waals surface area contributed by atoms with Crippen molar-refractivity contribution in [1.82, 2.24) is 20.2 Å². The van der Waals surface area contributed by atoms with E-state index in [9.17, 15) is 0 Å². The smallest absolute Gasteiger partial charge is 0.224 e. The predicted octanol–water partition coefficient (Wildman–Crippen LogP) is 1.27. The fourth-order valence-corrected chi connectivity index (χ4v) is 1.64. The molecule has 1 aliphatic rings. The van der Waals surface area contributed by atoms with Gasteiger partial charge in [0.25, 0.3) is 0 Å². The third-order valence-electron chi connectivity index (χ3n) is 2.53. The van der Waals surface area contributed by atoms with Gasteiger partial charge in [-0.15, -0.1) is 0 Å². The van der Waals surface area contributed by atoms with Crippen LogP contribution in [0.25, 0.3) is 11.0 Å². The summed E-state index contributed by atoms with van der Waals surface area (Å²) in [4.78, 5) is 8.76. The van der Waals surface area contributed by atoms with Gasteiger partial charge in [0.05, 0.1) is 17.3 Å². The average molecular weight is 189 g/mol. The lowest BCUT2D eigenvalue weighted by molar-refractivity contribution is 1.02. The molecule has 0 saturated heterocycles. The van der Waals surface area contributed by atoms with Gasteiger partial charge in [0, 0.05) is 13.0 Å². The third-order valence-corrected chi connectivity index (χ3v) is 2.53. The van der Waals surface area contributed by atoms with Crippen LogP contribution in [0.5, 0.6) is 0 Å². The molecule has 2 heterocycles. The molecule has 0 aromatic carbocycles. The zero-order chi connectivity index (χ0) is 9.54. The van der Waals surface area contributed by atoms with Gasteiger partial charge in [-0.1, -0.05) is 0 Å². The maximum Gasteiger partial charge on any atom is 0.224 e. The molecule has 5 nitrogen and oxygen atoms in total. The molecule has 1 fully saturated rings. The molecule has 0 amide bonds. The second-order valence-electron chi connectivity index (χ2n) is 3.59. The molecule has 1 saturated carbocycles. The highest BCUT2D eigenvalue weighted by Gasteiger charge is 2.28. The molecule has 2 aromatic rings. The Hall–Kier alpha value is -1.65. The Labute approximate surface area is 81.0 Å². The number of rotatable bonds is 2. The maximum absolute atomic E-state index is 4.47. The number of nitrogens with zero attached hydrogens (tertiary/aromatic N) is 3. The van der Waals surface area contributed by atoms with E-state index in [1.807, 2.05) is 13.2 Å². The number of H-pyrrole nitrogens is 1. The summed E-state index contributed by atoms with van der Waals surface area (Å²) in [5, 5.41) is 10.9. The molecule has 14 heavy (non-hydrogen) atoms. The van der Waals surface area contributed by atoms with Gasteiger partial charge in [-0.3, -0.25) is 5.10 Å². The fourth-order valence-electron chi connectivity index (χ4n) is 1.64. The van der Waals surface area contributed by atoms with E-state index in [1.165, 1.54) is 12.8 Å². The molecule has 0 aliphatic heterocycles. The van der Waals surface area contributed by atoms with Crippen molar-refractivity contribution in [2.45, 2.75) is 18.8 Å². The van der Waals surface area contributed by atoms with Crippen molar-refractivity contribution in [3.05, 3.63) is 11.9 Å². The Morgan fingerprint density at radius 3 is 3.00 bits per heavy atom. The van der Waals surface area contributed by atoms with Crippen LogP contribution in [0.1, 0.15) is 24.5 Å². The lowest BCUT2D eigenvalue weighted by Crippen LogP contribution is -1.99. The molecule has 5 heteroatoms. The second-order valence-corrected chi connectivity index (χ2v) is 3.59. The van der Waals surface area contributed by atoms with Gasteiger partial charge in [0.15, 0.2) is 5.65 Å². The predicted molar refractivity (Wildman–Crippen MR) is 53.2 cm³/mol. The van der Waals surface area contributed by atoms with Crippen molar-refractivity contribution in [3.63, 3.8) is 0 Å². The van der Waals surface area contributed by atoms with E-state index in [1.54, 1.807) is 0 Å². The van der Waals surface area contributed by atoms with Crippen LogP contribution >= 0.6 is 0 Å². The lowest BCUT2D eigenvalue weighted by atomic mass is 10.2. The van der Waals surface area contributed by atoms with Crippen molar-refractivity contribution in [3.8, 4) is 0 Å². The van der Waals surface area contributed by atoms with E-state index >= 15 is 0 Å². The van der Waals surface area contributed by atoms with E-state index < -0.39 is 0 Å². The third kappa shape index (κ3) is 1.05. The first-order valence-electron chi connectivity index (χ1n) is 4.77. The molecule has 0 radical (unpaired) electrons. The quantitative estimate of drug-likeness (QED) is 0.746. The number of hydrogen-bond acceptors (Lipinski definition) is 4. The van der Waals surface area contributed by atoms with Crippen LogP contribution < -0.4 is 5.32 Å². The van der Waals surface area contributed by atoms with E-state index in [-0.39, 0.29) is 0 Å². The summed E-state index contributed by atoms with van der Waals surface area (Å²) in [7, 11) is 1.83. The summed E-state index contributed by atoms with van der Waals surface area (Å²) in [5.74, 6) is 1.29. The molecular formula is C9H11N5. The highest BCUT2D eigenvalue weighted by Crippen LogP contribution is 2.41. The summed E-state index contributed by atoms with van der Waals surface area (Å²) >= 11 is 0. The Morgan fingerprint density at radius 2 is 2.29 bits per heavy atom. The topological polar surface area (TPSA) is 66.5 Å². The molecular weight excluding hydrogens is 178 g/mol. The molecule has 1 aliphatic carbocycles. The van der Waals surface area contributed by atoms with E-state index in [2.05, 4.69) is 25.5 Å². The Kier molecular flexibility index (Phi) is 1.47. The molecule has 0 unspecified atom stereocenters. The molecule has 72 valence electrons. The molecule has 0 atom stereocenters. The first kappa shape index (κ1) is 7.73. The minimum absolute atomic E-state index is 0.616. The highest BCUT2D eigenvalue weighted by atomic mass is 15.2. The summed E-state index contributed by atoms with van der Waals surface area (Å²) in [5.41, 5.74) is 1.96. The van der Waals surface area contributed by atoms with Gasteiger partial charge in [0.2, 0.25) is 5.95 Å². The first-order valence-corrected chi connectivity index (χ1v) is 4.77. The molecule has 0 spiro atoms. The molecule has 2 aromatic heterocycles. The maximum atomic E-state index is 4.47. The summed E-state index contributed by atoms with van der Waals surface area (Å²) in [6.07, 6.45) is 4.28. The van der Waals surface area contributed by atoms with E-state index in [4.69, 9.17) is 0 Å². The lowest BCUT2D eigenvalue weighted by Gasteiger charge is -2.02. The van der Waals surface area contributed by atoms with Crippen molar-refractivity contribution in [2.24, 2.45) is 0 Å². The zero-order valence-electron chi connectivity index (χ0n) is 7.91. The van der Waals surface area contributed by atoms with Gasteiger partial charge < -0.3 is 5.32 Å². The van der Waals surface area contributed by atoms with Crippen molar-refractivity contribution >= 4 is 17.0 Å². The van der Waals surface area contributed by atoms with Gasteiger partial charge in [0.1, 0.15) is 0 Å². The van der Waals surface area contributed by atoms with Crippen LogP contribution in [0.2, 0.25) is 0 Å². The summed E-state index contributed by atoms with van der Waals surface area (Å²) in [6.45, 7) is 0. The molecule has 2 N–H and O–H groups in total. The Morgan fingerprint density at radius 1 is 1.43 bits per heavy atom. The number of anilines is 1. The summed E-state index contributed by atoms with van der Waals surface area (Å²) < 4.78 is 0. The van der Waals surface area contributed by atoms with Crippen LogP contribution in [-0.4, -0.2) is 27.2 Å². The van der Waals surface area contributed by atoms with Crippen LogP contribution in [0.3, 0.4) is 0 Å².